The molecule has 0 aromatic heterocycles. The van der Waals surface area contributed by atoms with Crippen molar-refractivity contribution >= 4 is 17.2 Å². The van der Waals surface area contributed by atoms with Crippen molar-refractivity contribution in [2.75, 3.05) is 0 Å². The Kier molecular flexibility index (Phi) is 7.60. The maximum atomic E-state index is 11.7. The molecule has 0 aromatic rings. The van der Waals surface area contributed by atoms with Crippen molar-refractivity contribution in [1.82, 2.24) is 0 Å². The molecule has 0 saturated carbocycles. The van der Waals surface area contributed by atoms with E-state index in [4.69, 9.17) is 0 Å². The molecule has 17 heavy (non-hydrogen) atoms. The summed E-state index contributed by atoms with van der Waals surface area (Å²) < 4.78 is 15.5. The van der Waals surface area contributed by atoms with Crippen LogP contribution in [0.25, 0.3) is 0 Å². The van der Waals surface area contributed by atoms with E-state index in [0.717, 1.165) is 12.8 Å². The van der Waals surface area contributed by atoms with Crippen molar-refractivity contribution in [2.24, 2.45) is 10.3 Å². The fraction of sp³-hybridized carbons (Fsp3) is 0.786. The van der Waals surface area contributed by atoms with Gasteiger partial charge in [-0.1, -0.05) is 18.6 Å². The van der Waals surface area contributed by atoms with Crippen LogP contribution in [-0.4, -0.2) is 15.2 Å². The predicted octanol–water partition coefficient (Wildman–Crippen LogP) is 4.29. The van der Waals surface area contributed by atoms with Gasteiger partial charge in [-0.15, -0.1) is 0 Å². The highest BCUT2D eigenvalue weighted by Crippen LogP contribution is 2.13. The number of allylic oxidation sites excluding steroid dienone is 2. The zero-order valence-corrected chi connectivity index (χ0v) is 12.9. The lowest BCUT2D eigenvalue weighted by Crippen LogP contribution is -2.19. The molecular formula is C14H27NOS. The zero-order valence-electron chi connectivity index (χ0n) is 12.1. The number of hydrogen-bond acceptors (Lipinski definition) is 1. The van der Waals surface area contributed by atoms with Crippen LogP contribution >= 0.6 is 0 Å². The first-order valence-corrected chi connectivity index (χ1v) is 7.42. The van der Waals surface area contributed by atoms with E-state index in [0.29, 0.717) is 5.92 Å². The molecule has 0 bridgehead atoms. The number of rotatable bonds is 6. The van der Waals surface area contributed by atoms with Crippen molar-refractivity contribution in [2.45, 2.75) is 65.6 Å². The second-order valence-electron chi connectivity index (χ2n) is 5.85. The Morgan fingerprint density at radius 1 is 1.35 bits per heavy atom. The Morgan fingerprint density at radius 2 is 1.94 bits per heavy atom. The highest BCUT2D eigenvalue weighted by atomic mass is 32.2. The Hall–Kier alpha value is -0.440. The summed E-state index contributed by atoms with van der Waals surface area (Å²) in [6.45, 7) is 12.3. The van der Waals surface area contributed by atoms with Crippen LogP contribution in [0, 0.1) is 5.92 Å². The molecule has 0 fully saturated rings. The Bertz CT molecular complexity index is 296. The fourth-order valence-electron chi connectivity index (χ4n) is 1.22. The van der Waals surface area contributed by atoms with Crippen molar-refractivity contribution in [3.05, 3.63) is 11.6 Å². The van der Waals surface area contributed by atoms with Crippen LogP contribution in [0.1, 0.15) is 60.8 Å². The molecule has 0 aliphatic rings. The van der Waals surface area contributed by atoms with Crippen molar-refractivity contribution < 1.29 is 4.21 Å². The van der Waals surface area contributed by atoms with Gasteiger partial charge in [0.25, 0.3) is 0 Å². The molecule has 0 radical (unpaired) electrons. The molecule has 0 heterocycles. The molecule has 0 aliphatic heterocycles. The summed E-state index contributed by atoms with van der Waals surface area (Å²) in [6, 6.07) is 0. The van der Waals surface area contributed by atoms with Gasteiger partial charge >= 0.3 is 0 Å². The summed E-state index contributed by atoms with van der Waals surface area (Å²) in [6.07, 6.45) is 7.30. The van der Waals surface area contributed by atoms with Crippen LogP contribution in [-0.2, 0) is 11.0 Å². The van der Waals surface area contributed by atoms with Gasteiger partial charge in [-0.3, -0.25) is 0 Å². The summed E-state index contributed by atoms with van der Waals surface area (Å²) in [5, 5.41) is 0. The highest BCUT2D eigenvalue weighted by Gasteiger charge is 2.17. The number of hydrogen-bond donors (Lipinski definition) is 0. The Morgan fingerprint density at radius 3 is 2.41 bits per heavy atom. The molecule has 2 nitrogen and oxygen atoms in total. The monoisotopic (exact) mass is 257 g/mol. The summed E-state index contributed by atoms with van der Waals surface area (Å²) in [5.41, 5.74) is 1.37. The minimum atomic E-state index is -1.11. The van der Waals surface area contributed by atoms with Crippen LogP contribution in [0.2, 0.25) is 0 Å². The molecule has 3 heteroatoms. The van der Waals surface area contributed by atoms with E-state index in [1.54, 1.807) is 0 Å². The van der Waals surface area contributed by atoms with Gasteiger partial charge in [-0.2, -0.15) is 4.40 Å². The molecule has 0 aliphatic carbocycles. The molecule has 0 rings (SSSR count). The molecule has 0 saturated heterocycles. The lowest BCUT2D eigenvalue weighted by molar-refractivity contribution is 0.563. The third kappa shape index (κ3) is 9.28. The molecule has 100 valence electrons. The van der Waals surface area contributed by atoms with E-state index in [-0.39, 0.29) is 4.75 Å². The smallest absolute Gasteiger partial charge is 0.144 e. The molecule has 0 amide bonds. The third-order valence-corrected chi connectivity index (χ3v) is 3.80. The van der Waals surface area contributed by atoms with E-state index in [1.165, 1.54) is 12.0 Å². The second-order valence-corrected chi connectivity index (χ2v) is 7.78. The van der Waals surface area contributed by atoms with Crippen LogP contribution in [0.5, 0.6) is 0 Å². The van der Waals surface area contributed by atoms with Crippen LogP contribution in [0.4, 0.5) is 0 Å². The minimum absolute atomic E-state index is 0.248. The van der Waals surface area contributed by atoms with E-state index in [2.05, 4.69) is 31.2 Å². The molecule has 2 unspecified atom stereocenters. The van der Waals surface area contributed by atoms with Gasteiger partial charge in [-0.25, -0.2) is 4.21 Å². The average molecular weight is 257 g/mol. The molecular weight excluding hydrogens is 230 g/mol. The van der Waals surface area contributed by atoms with Crippen molar-refractivity contribution in [3.8, 4) is 0 Å². The van der Waals surface area contributed by atoms with Gasteiger partial charge < -0.3 is 0 Å². The van der Waals surface area contributed by atoms with Crippen LogP contribution in [0.15, 0.2) is 16.0 Å². The van der Waals surface area contributed by atoms with Gasteiger partial charge in [0.15, 0.2) is 0 Å². The largest absolute Gasteiger partial charge is 0.234 e. The highest BCUT2D eigenvalue weighted by molar-refractivity contribution is 7.85. The van der Waals surface area contributed by atoms with Gasteiger partial charge in [0, 0.05) is 6.21 Å². The van der Waals surface area contributed by atoms with E-state index >= 15 is 0 Å². The Balaban J connectivity index is 3.92. The topological polar surface area (TPSA) is 29.4 Å². The quantitative estimate of drug-likeness (QED) is 0.515. The van der Waals surface area contributed by atoms with E-state index in [9.17, 15) is 4.21 Å². The average Bonchev–Trinajstić information content (AvgIpc) is 2.15. The second kappa shape index (κ2) is 7.80. The van der Waals surface area contributed by atoms with Gasteiger partial charge in [-0.05, 0) is 59.8 Å². The normalized spacial score (nSPS) is 15.9. The standard InChI is InChI=1S/C14H27NOS/c1-12(2)8-7-9-13(3)10-11-15-17(16)14(4,5)6/h8,11,13H,7,9-10H2,1-6H3. The first-order chi connectivity index (χ1) is 7.73. The van der Waals surface area contributed by atoms with E-state index < -0.39 is 11.0 Å². The third-order valence-electron chi connectivity index (χ3n) is 2.41. The maximum Gasteiger partial charge on any atom is 0.144 e. The van der Waals surface area contributed by atoms with Gasteiger partial charge in [0.2, 0.25) is 0 Å². The zero-order chi connectivity index (χ0) is 13.5. The molecule has 0 spiro atoms. The predicted molar refractivity (Wildman–Crippen MR) is 78.8 cm³/mol. The lowest BCUT2D eigenvalue weighted by atomic mass is 10.0. The first-order valence-electron chi connectivity index (χ1n) is 6.31. The van der Waals surface area contributed by atoms with E-state index in [1.807, 2.05) is 27.0 Å². The summed E-state index contributed by atoms with van der Waals surface area (Å²) in [5.74, 6) is 0.603. The lowest BCUT2D eigenvalue weighted by Gasteiger charge is -2.13. The van der Waals surface area contributed by atoms with Crippen LogP contribution in [0.3, 0.4) is 0 Å². The molecule has 0 aromatic carbocycles. The van der Waals surface area contributed by atoms with Crippen molar-refractivity contribution in [1.29, 1.82) is 0 Å². The maximum absolute atomic E-state index is 11.7. The van der Waals surface area contributed by atoms with Gasteiger partial charge in [0.1, 0.15) is 11.0 Å². The molecule has 2 atom stereocenters. The van der Waals surface area contributed by atoms with Crippen molar-refractivity contribution in [3.63, 3.8) is 0 Å². The number of nitrogens with zero attached hydrogens (tertiary/aromatic N) is 1. The first kappa shape index (κ1) is 16.6. The SMILES string of the molecule is CC(C)=CCCC(C)CC=NS(=O)C(C)(C)C. The Labute approximate surface area is 109 Å². The summed E-state index contributed by atoms with van der Waals surface area (Å²) >= 11 is 0. The summed E-state index contributed by atoms with van der Waals surface area (Å²) in [4.78, 5) is 0. The summed E-state index contributed by atoms with van der Waals surface area (Å²) in [7, 11) is -1.11. The van der Waals surface area contributed by atoms with Gasteiger partial charge in [0.05, 0.1) is 4.75 Å². The van der Waals surface area contributed by atoms with Crippen LogP contribution < -0.4 is 0 Å². The minimum Gasteiger partial charge on any atom is -0.234 e. The molecule has 0 N–H and O–H groups in total. The fourth-order valence-corrected chi connectivity index (χ4v) is 1.76.